The van der Waals surface area contributed by atoms with Crippen LogP contribution in [0.1, 0.15) is 32.1 Å². The normalized spacial score (nSPS) is 25.2. The van der Waals surface area contributed by atoms with E-state index in [4.69, 9.17) is 0 Å². The molecule has 2 aliphatic heterocycles. The smallest absolute Gasteiger partial charge is 0.239 e. The van der Waals surface area contributed by atoms with Gasteiger partial charge in [-0.1, -0.05) is 6.42 Å². The molecule has 122 valence electrons. The first kappa shape index (κ1) is 16.7. The third kappa shape index (κ3) is 4.94. The van der Waals surface area contributed by atoms with Gasteiger partial charge in [-0.05, 0) is 59.4 Å². The van der Waals surface area contributed by atoms with E-state index in [1.807, 2.05) is 11.9 Å². The Balaban J connectivity index is 1.70. The van der Waals surface area contributed by atoms with E-state index in [0.29, 0.717) is 6.04 Å². The molecule has 1 N–H and O–H groups in total. The van der Waals surface area contributed by atoms with Crippen molar-refractivity contribution in [3.63, 3.8) is 0 Å². The number of amides is 1. The van der Waals surface area contributed by atoms with Crippen molar-refractivity contribution in [2.24, 2.45) is 0 Å². The predicted octanol–water partition coefficient (Wildman–Crippen LogP) is 0.613. The molecule has 0 saturated carbocycles. The maximum absolute atomic E-state index is 12.4. The third-order valence-corrected chi connectivity index (χ3v) is 5.08. The van der Waals surface area contributed by atoms with Gasteiger partial charge in [-0.15, -0.1) is 0 Å². The molecule has 0 aromatic carbocycles. The Morgan fingerprint density at radius 2 is 1.86 bits per heavy atom. The molecular formula is C16H32N4O. The quantitative estimate of drug-likeness (QED) is 0.807. The first-order valence-corrected chi connectivity index (χ1v) is 8.45. The number of rotatable bonds is 5. The van der Waals surface area contributed by atoms with Crippen molar-refractivity contribution in [2.45, 2.75) is 44.2 Å². The van der Waals surface area contributed by atoms with E-state index < -0.39 is 0 Å². The fraction of sp³-hybridized carbons (Fsp3) is 0.938. The predicted molar refractivity (Wildman–Crippen MR) is 86.4 cm³/mol. The van der Waals surface area contributed by atoms with Crippen molar-refractivity contribution in [1.82, 2.24) is 20.0 Å². The van der Waals surface area contributed by atoms with Gasteiger partial charge < -0.3 is 20.0 Å². The second-order valence-corrected chi connectivity index (χ2v) is 6.78. The van der Waals surface area contributed by atoms with Crippen molar-refractivity contribution >= 4 is 5.91 Å². The van der Waals surface area contributed by atoms with E-state index >= 15 is 0 Å². The van der Waals surface area contributed by atoms with Crippen LogP contribution < -0.4 is 5.32 Å². The van der Waals surface area contributed by atoms with E-state index in [1.165, 1.54) is 38.8 Å². The average Bonchev–Trinajstić information content (AvgIpc) is 2.53. The summed E-state index contributed by atoms with van der Waals surface area (Å²) in [7, 11) is 6.34. The van der Waals surface area contributed by atoms with Gasteiger partial charge in [0.25, 0.3) is 0 Å². The lowest BCUT2D eigenvalue weighted by atomic mass is 10.0. The first-order valence-electron chi connectivity index (χ1n) is 8.45. The minimum Gasteiger partial charge on any atom is -0.343 e. The van der Waals surface area contributed by atoms with Crippen LogP contribution in [-0.4, -0.2) is 86.6 Å². The van der Waals surface area contributed by atoms with Crippen LogP contribution in [0, 0.1) is 0 Å². The molecule has 5 heteroatoms. The number of piperidine rings is 2. The topological polar surface area (TPSA) is 38.8 Å². The van der Waals surface area contributed by atoms with Gasteiger partial charge in [0.2, 0.25) is 5.91 Å². The molecule has 2 aliphatic rings. The zero-order valence-electron chi connectivity index (χ0n) is 14.0. The van der Waals surface area contributed by atoms with Gasteiger partial charge in [-0.3, -0.25) is 4.79 Å². The SMILES string of the molecule is CN1CCC(N(C)CCN(C)C(=O)[C@H]2CCCCN2)CC1. The molecule has 2 fully saturated rings. The molecular weight excluding hydrogens is 264 g/mol. The van der Waals surface area contributed by atoms with Crippen LogP contribution in [0.2, 0.25) is 0 Å². The van der Waals surface area contributed by atoms with Crippen LogP contribution in [-0.2, 0) is 4.79 Å². The molecule has 0 aliphatic carbocycles. The van der Waals surface area contributed by atoms with Crippen LogP contribution in [0.25, 0.3) is 0 Å². The lowest BCUT2D eigenvalue weighted by molar-refractivity contribution is -0.132. The summed E-state index contributed by atoms with van der Waals surface area (Å²) in [4.78, 5) is 19.1. The maximum Gasteiger partial charge on any atom is 0.239 e. The molecule has 0 aromatic rings. The van der Waals surface area contributed by atoms with E-state index in [1.54, 1.807) is 0 Å². The number of nitrogens with one attached hydrogen (secondary N) is 1. The Morgan fingerprint density at radius 1 is 1.14 bits per heavy atom. The van der Waals surface area contributed by atoms with Crippen LogP contribution in [0.4, 0.5) is 0 Å². The second kappa shape index (κ2) is 8.11. The molecule has 1 amide bonds. The van der Waals surface area contributed by atoms with Crippen LogP contribution in [0.3, 0.4) is 0 Å². The average molecular weight is 296 g/mol. The van der Waals surface area contributed by atoms with Crippen molar-refractivity contribution in [2.75, 3.05) is 53.9 Å². The van der Waals surface area contributed by atoms with Crippen LogP contribution in [0.15, 0.2) is 0 Å². The summed E-state index contributed by atoms with van der Waals surface area (Å²) in [6.07, 6.45) is 5.86. The highest BCUT2D eigenvalue weighted by Crippen LogP contribution is 2.14. The molecule has 0 radical (unpaired) electrons. The van der Waals surface area contributed by atoms with Crippen molar-refractivity contribution in [3.05, 3.63) is 0 Å². The second-order valence-electron chi connectivity index (χ2n) is 6.78. The molecule has 2 rings (SSSR count). The molecule has 2 heterocycles. The number of likely N-dealkylation sites (N-methyl/N-ethyl adjacent to an activating group) is 2. The highest BCUT2D eigenvalue weighted by Gasteiger charge is 2.25. The molecule has 0 unspecified atom stereocenters. The van der Waals surface area contributed by atoms with Gasteiger partial charge in [-0.25, -0.2) is 0 Å². The van der Waals surface area contributed by atoms with E-state index in [0.717, 1.165) is 26.1 Å². The maximum atomic E-state index is 12.4. The number of carbonyl (C=O) groups excluding carboxylic acids is 1. The zero-order chi connectivity index (χ0) is 15.2. The van der Waals surface area contributed by atoms with Gasteiger partial charge >= 0.3 is 0 Å². The lowest BCUT2D eigenvalue weighted by Crippen LogP contribution is -2.49. The Labute approximate surface area is 129 Å². The van der Waals surface area contributed by atoms with E-state index in [-0.39, 0.29) is 11.9 Å². The van der Waals surface area contributed by atoms with Gasteiger partial charge in [0, 0.05) is 26.2 Å². The summed E-state index contributed by atoms with van der Waals surface area (Å²) in [5.74, 6) is 0.270. The van der Waals surface area contributed by atoms with Crippen LogP contribution in [0.5, 0.6) is 0 Å². The molecule has 1 atom stereocenters. The van der Waals surface area contributed by atoms with Gasteiger partial charge in [0.1, 0.15) is 0 Å². The molecule has 21 heavy (non-hydrogen) atoms. The highest BCUT2D eigenvalue weighted by molar-refractivity contribution is 5.81. The summed E-state index contributed by atoms with van der Waals surface area (Å²) in [5.41, 5.74) is 0. The zero-order valence-corrected chi connectivity index (χ0v) is 14.0. The third-order valence-electron chi connectivity index (χ3n) is 5.08. The molecule has 2 saturated heterocycles. The molecule has 0 bridgehead atoms. The van der Waals surface area contributed by atoms with Crippen molar-refractivity contribution in [1.29, 1.82) is 0 Å². The lowest BCUT2D eigenvalue weighted by Gasteiger charge is -2.36. The number of hydrogen-bond acceptors (Lipinski definition) is 4. The van der Waals surface area contributed by atoms with Crippen molar-refractivity contribution < 1.29 is 4.79 Å². The Bertz CT molecular complexity index is 322. The summed E-state index contributed by atoms with van der Waals surface area (Å²) < 4.78 is 0. The largest absolute Gasteiger partial charge is 0.343 e. The van der Waals surface area contributed by atoms with E-state index in [9.17, 15) is 4.79 Å². The number of carbonyl (C=O) groups is 1. The highest BCUT2D eigenvalue weighted by atomic mass is 16.2. The number of nitrogens with zero attached hydrogens (tertiary/aromatic N) is 3. The first-order chi connectivity index (χ1) is 10.1. The summed E-state index contributed by atoms with van der Waals surface area (Å²) in [6, 6.07) is 0.731. The summed E-state index contributed by atoms with van der Waals surface area (Å²) in [5, 5.41) is 3.35. The van der Waals surface area contributed by atoms with Crippen molar-refractivity contribution in [3.8, 4) is 0 Å². The monoisotopic (exact) mass is 296 g/mol. The van der Waals surface area contributed by atoms with Crippen LogP contribution >= 0.6 is 0 Å². The fourth-order valence-electron chi connectivity index (χ4n) is 3.36. The van der Waals surface area contributed by atoms with Gasteiger partial charge in [0.15, 0.2) is 0 Å². The number of likely N-dealkylation sites (tertiary alicyclic amines) is 1. The van der Waals surface area contributed by atoms with Gasteiger partial charge in [0.05, 0.1) is 6.04 Å². The summed E-state index contributed by atoms with van der Waals surface area (Å²) in [6.45, 7) is 5.18. The standard InChI is InChI=1S/C16H32N4O/c1-18-10-7-14(8-11-18)19(2)12-13-20(3)16(21)15-6-4-5-9-17-15/h14-15,17H,4-13H2,1-3H3/t15-/m1/s1. The molecule has 0 aromatic heterocycles. The summed E-state index contributed by atoms with van der Waals surface area (Å²) >= 11 is 0. The Hall–Kier alpha value is -0.650. The minimum absolute atomic E-state index is 0.0531. The van der Waals surface area contributed by atoms with Gasteiger partial charge in [-0.2, -0.15) is 0 Å². The number of hydrogen-bond donors (Lipinski definition) is 1. The minimum atomic E-state index is 0.0531. The fourth-order valence-corrected chi connectivity index (χ4v) is 3.36. The molecule has 0 spiro atoms. The molecule has 5 nitrogen and oxygen atoms in total. The Kier molecular flexibility index (Phi) is 6.45. The van der Waals surface area contributed by atoms with E-state index in [2.05, 4.69) is 29.2 Å². The Morgan fingerprint density at radius 3 is 2.48 bits per heavy atom.